The van der Waals surface area contributed by atoms with Crippen molar-refractivity contribution in [1.29, 1.82) is 0 Å². The van der Waals surface area contributed by atoms with Crippen molar-refractivity contribution in [3.05, 3.63) is 36.1 Å². The highest BCUT2D eigenvalue weighted by molar-refractivity contribution is 5.67. The summed E-state index contributed by atoms with van der Waals surface area (Å²) in [7, 11) is 3.97. The van der Waals surface area contributed by atoms with Crippen LogP contribution in [-0.4, -0.2) is 31.5 Å². The molecule has 0 bridgehead atoms. The summed E-state index contributed by atoms with van der Waals surface area (Å²) in [6.07, 6.45) is 5.62. The fourth-order valence-corrected chi connectivity index (χ4v) is 1.53. The smallest absolute Gasteiger partial charge is 0.307 e. The third kappa shape index (κ3) is 3.36. The van der Waals surface area contributed by atoms with E-state index in [4.69, 9.17) is 4.74 Å². The molecular weight excluding hydrogens is 190 g/mol. The van der Waals surface area contributed by atoms with E-state index in [2.05, 4.69) is 6.58 Å². The van der Waals surface area contributed by atoms with Gasteiger partial charge in [-0.1, -0.05) is 18.7 Å². The van der Waals surface area contributed by atoms with Crippen molar-refractivity contribution < 1.29 is 9.53 Å². The maximum atomic E-state index is 10.9. The Balaban J connectivity index is 2.79. The number of rotatable bonds is 3. The van der Waals surface area contributed by atoms with Crippen LogP contribution in [0.5, 0.6) is 0 Å². The second-order valence-electron chi connectivity index (χ2n) is 3.91. The lowest BCUT2D eigenvalue weighted by molar-refractivity contribution is -0.137. The molecule has 82 valence electrons. The number of hydrogen-bond acceptors (Lipinski definition) is 3. The van der Waals surface area contributed by atoms with Crippen molar-refractivity contribution in [2.45, 2.75) is 6.92 Å². The molecule has 0 spiro atoms. The van der Waals surface area contributed by atoms with E-state index in [1.807, 2.05) is 37.2 Å². The van der Waals surface area contributed by atoms with Crippen LogP contribution >= 0.6 is 0 Å². The molecule has 1 aliphatic rings. The van der Waals surface area contributed by atoms with Crippen molar-refractivity contribution in [1.82, 2.24) is 4.90 Å². The number of nitrogens with zero attached hydrogens (tertiary/aromatic N) is 1. The summed E-state index contributed by atoms with van der Waals surface area (Å²) in [4.78, 5) is 13.0. The second-order valence-corrected chi connectivity index (χ2v) is 3.91. The normalized spacial score (nSPS) is 20.4. The van der Waals surface area contributed by atoms with E-state index in [-0.39, 0.29) is 11.9 Å². The standard InChI is InChI=1S/C12H17NO2/c1-9-6-5-7-12(15-10(2)14)11(9)8-13(3)4/h5-7,11H,1,8H2,2-4H3. The van der Waals surface area contributed by atoms with Gasteiger partial charge in [0.1, 0.15) is 5.76 Å². The first kappa shape index (κ1) is 11.7. The Morgan fingerprint density at radius 2 is 2.27 bits per heavy atom. The molecule has 0 aromatic heterocycles. The third-order valence-corrected chi connectivity index (χ3v) is 2.17. The van der Waals surface area contributed by atoms with Crippen LogP contribution in [0.1, 0.15) is 6.92 Å². The third-order valence-electron chi connectivity index (χ3n) is 2.17. The average Bonchev–Trinajstić information content (AvgIpc) is 2.09. The van der Waals surface area contributed by atoms with E-state index in [0.717, 1.165) is 12.1 Å². The Morgan fingerprint density at radius 3 is 2.80 bits per heavy atom. The van der Waals surface area contributed by atoms with Crippen LogP contribution < -0.4 is 0 Å². The SMILES string of the molecule is C=C1C=CC=C(OC(C)=O)C1CN(C)C. The monoisotopic (exact) mass is 207 g/mol. The molecule has 1 aliphatic carbocycles. The van der Waals surface area contributed by atoms with Crippen molar-refractivity contribution in [3.63, 3.8) is 0 Å². The molecule has 15 heavy (non-hydrogen) atoms. The lowest BCUT2D eigenvalue weighted by Gasteiger charge is -2.25. The molecule has 1 atom stereocenters. The quantitative estimate of drug-likeness (QED) is 0.660. The Labute approximate surface area is 90.7 Å². The fraction of sp³-hybridized carbons (Fsp3) is 0.417. The molecule has 0 saturated heterocycles. The van der Waals surface area contributed by atoms with Gasteiger partial charge >= 0.3 is 5.97 Å². The Bertz CT molecular complexity index is 327. The maximum absolute atomic E-state index is 10.9. The van der Waals surface area contributed by atoms with Crippen molar-refractivity contribution >= 4 is 5.97 Å². The van der Waals surface area contributed by atoms with E-state index in [1.165, 1.54) is 6.92 Å². The highest BCUT2D eigenvalue weighted by Gasteiger charge is 2.21. The van der Waals surface area contributed by atoms with Gasteiger partial charge in [-0.15, -0.1) is 0 Å². The molecule has 0 saturated carbocycles. The van der Waals surface area contributed by atoms with E-state index in [1.54, 1.807) is 0 Å². The summed E-state index contributed by atoms with van der Waals surface area (Å²) in [6, 6.07) is 0. The van der Waals surface area contributed by atoms with E-state index < -0.39 is 0 Å². The highest BCUT2D eigenvalue weighted by Crippen LogP contribution is 2.26. The topological polar surface area (TPSA) is 29.5 Å². The molecule has 0 fully saturated rings. The molecule has 0 heterocycles. The lowest BCUT2D eigenvalue weighted by Crippen LogP contribution is -2.26. The maximum Gasteiger partial charge on any atom is 0.307 e. The fourth-order valence-electron chi connectivity index (χ4n) is 1.53. The molecule has 0 radical (unpaired) electrons. The van der Waals surface area contributed by atoms with Gasteiger partial charge in [0, 0.05) is 13.5 Å². The molecule has 0 aromatic rings. The van der Waals surface area contributed by atoms with Gasteiger partial charge in [0.05, 0.1) is 5.92 Å². The molecule has 1 unspecified atom stereocenters. The molecule has 0 amide bonds. The first-order valence-corrected chi connectivity index (χ1v) is 4.91. The van der Waals surface area contributed by atoms with Crippen LogP contribution in [0, 0.1) is 5.92 Å². The molecular formula is C12H17NO2. The Morgan fingerprint density at radius 1 is 1.60 bits per heavy atom. The summed E-state index contributed by atoms with van der Waals surface area (Å²) in [6.45, 7) is 6.17. The first-order valence-electron chi connectivity index (χ1n) is 4.91. The van der Waals surface area contributed by atoms with E-state index >= 15 is 0 Å². The Kier molecular flexibility index (Phi) is 3.86. The summed E-state index contributed by atoms with van der Waals surface area (Å²) < 4.78 is 5.16. The predicted octanol–water partition coefficient (Wildman–Crippen LogP) is 1.74. The largest absolute Gasteiger partial charge is 0.431 e. The molecule has 1 rings (SSSR count). The summed E-state index contributed by atoms with van der Waals surface area (Å²) in [5.74, 6) is 0.478. The van der Waals surface area contributed by atoms with Crippen LogP contribution in [0.25, 0.3) is 0 Å². The Hall–Kier alpha value is -1.35. The average molecular weight is 207 g/mol. The number of hydrogen-bond donors (Lipinski definition) is 0. The predicted molar refractivity (Wildman–Crippen MR) is 60.2 cm³/mol. The van der Waals surface area contributed by atoms with Gasteiger partial charge < -0.3 is 9.64 Å². The minimum atomic E-state index is -0.284. The van der Waals surface area contributed by atoms with Crippen LogP contribution in [0.3, 0.4) is 0 Å². The summed E-state index contributed by atoms with van der Waals surface area (Å²) in [5, 5.41) is 0. The van der Waals surface area contributed by atoms with Gasteiger partial charge in [0.15, 0.2) is 0 Å². The van der Waals surface area contributed by atoms with Crippen LogP contribution in [0.4, 0.5) is 0 Å². The molecule has 0 N–H and O–H groups in total. The van der Waals surface area contributed by atoms with Gasteiger partial charge in [0.25, 0.3) is 0 Å². The van der Waals surface area contributed by atoms with Gasteiger partial charge in [-0.2, -0.15) is 0 Å². The highest BCUT2D eigenvalue weighted by atomic mass is 16.5. The number of allylic oxidation sites excluding steroid dienone is 3. The van der Waals surface area contributed by atoms with Crippen molar-refractivity contribution in [2.24, 2.45) is 5.92 Å². The van der Waals surface area contributed by atoms with Crippen molar-refractivity contribution in [3.8, 4) is 0 Å². The van der Waals surface area contributed by atoms with Gasteiger partial charge in [0.2, 0.25) is 0 Å². The summed E-state index contributed by atoms with van der Waals surface area (Å²) in [5.41, 5.74) is 0.974. The number of carbonyl (C=O) groups is 1. The van der Waals surface area contributed by atoms with Gasteiger partial charge in [-0.25, -0.2) is 0 Å². The van der Waals surface area contributed by atoms with Crippen LogP contribution in [-0.2, 0) is 9.53 Å². The number of esters is 1. The molecule has 0 aromatic carbocycles. The minimum Gasteiger partial charge on any atom is -0.431 e. The van der Waals surface area contributed by atoms with Gasteiger partial charge in [-0.3, -0.25) is 4.79 Å². The number of ether oxygens (including phenoxy) is 1. The second kappa shape index (κ2) is 4.94. The zero-order chi connectivity index (χ0) is 11.4. The van der Waals surface area contributed by atoms with E-state index in [9.17, 15) is 4.79 Å². The zero-order valence-corrected chi connectivity index (χ0v) is 9.49. The van der Waals surface area contributed by atoms with Crippen molar-refractivity contribution in [2.75, 3.05) is 20.6 Å². The van der Waals surface area contributed by atoms with E-state index in [0.29, 0.717) is 5.76 Å². The molecule has 3 heteroatoms. The number of carbonyl (C=O) groups excluding carboxylic acids is 1. The summed E-state index contributed by atoms with van der Waals surface area (Å²) >= 11 is 0. The van der Waals surface area contributed by atoms with Crippen LogP contribution in [0.2, 0.25) is 0 Å². The molecule has 3 nitrogen and oxygen atoms in total. The zero-order valence-electron chi connectivity index (χ0n) is 9.49. The first-order chi connectivity index (χ1) is 7.00. The lowest BCUT2D eigenvalue weighted by atomic mass is 9.93. The van der Waals surface area contributed by atoms with Gasteiger partial charge in [-0.05, 0) is 25.7 Å². The van der Waals surface area contributed by atoms with Crippen LogP contribution in [0.15, 0.2) is 36.1 Å². The molecule has 0 aliphatic heterocycles. The minimum absolute atomic E-state index is 0.0777.